The summed E-state index contributed by atoms with van der Waals surface area (Å²) >= 11 is 0. The summed E-state index contributed by atoms with van der Waals surface area (Å²) in [6.45, 7) is 8.30. The largest absolute Gasteiger partial charge is 0.357 e. The van der Waals surface area contributed by atoms with E-state index in [1.54, 1.807) is 7.05 Å². The molecule has 21 heavy (non-hydrogen) atoms. The van der Waals surface area contributed by atoms with Crippen LogP contribution in [0.25, 0.3) is 0 Å². The van der Waals surface area contributed by atoms with Crippen molar-refractivity contribution >= 4 is 11.8 Å². The minimum absolute atomic E-state index is 0.602. The van der Waals surface area contributed by atoms with Crippen molar-refractivity contribution in [3.8, 4) is 0 Å². The lowest BCUT2D eigenvalue weighted by Gasteiger charge is -2.17. The van der Waals surface area contributed by atoms with Crippen molar-refractivity contribution < 1.29 is 0 Å². The number of aromatic nitrogens is 1. The van der Waals surface area contributed by atoms with E-state index < -0.39 is 0 Å². The molecule has 1 aromatic heterocycles. The van der Waals surface area contributed by atoms with E-state index in [1.807, 2.05) is 6.20 Å². The molecule has 0 aliphatic carbocycles. The zero-order valence-electron chi connectivity index (χ0n) is 13.4. The lowest BCUT2D eigenvalue weighted by atomic mass is 10.2. The standard InChI is InChI=1S/C16H27N5/c1-13(2)10-19-16(17-3)20-12-14-6-7-15(18-11-14)21-8-4-5-9-21/h6-7,11,13H,4-5,8-10,12H2,1-3H3,(H2,17,19,20). The molecular formula is C16H27N5. The minimum atomic E-state index is 0.602. The second-order valence-corrected chi connectivity index (χ2v) is 5.92. The highest BCUT2D eigenvalue weighted by molar-refractivity contribution is 5.79. The van der Waals surface area contributed by atoms with E-state index in [0.29, 0.717) is 5.92 Å². The van der Waals surface area contributed by atoms with Crippen molar-refractivity contribution in [3.63, 3.8) is 0 Å². The summed E-state index contributed by atoms with van der Waals surface area (Å²) in [5.74, 6) is 2.54. The fourth-order valence-electron chi connectivity index (χ4n) is 2.36. The van der Waals surface area contributed by atoms with E-state index in [2.05, 4.69) is 51.5 Å². The van der Waals surface area contributed by atoms with Crippen LogP contribution in [0.1, 0.15) is 32.3 Å². The highest BCUT2D eigenvalue weighted by Crippen LogP contribution is 2.17. The molecule has 1 aliphatic heterocycles. The molecule has 1 aromatic rings. The first kappa shape index (κ1) is 15.6. The topological polar surface area (TPSA) is 52.6 Å². The molecule has 2 N–H and O–H groups in total. The number of aliphatic imine (C=N–C) groups is 1. The Morgan fingerprint density at radius 2 is 2.05 bits per heavy atom. The van der Waals surface area contributed by atoms with E-state index in [4.69, 9.17) is 0 Å². The lowest BCUT2D eigenvalue weighted by Crippen LogP contribution is -2.38. The molecule has 0 radical (unpaired) electrons. The molecule has 0 atom stereocenters. The molecule has 2 heterocycles. The maximum absolute atomic E-state index is 4.56. The van der Waals surface area contributed by atoms with Crippen molar-refractivity contribution in [1.82, 2.24) is 15.6 Å². The van der Waals surface area contributed by atoms with Crippen LogP contribution in [0.5, 0.6) is 0 Å². The van der Waals surface area contributed by atoms with Gasteiger partial charge in [-0.2, -0.15) is 0 Å². The monoisotopic (exact) mass is 289 g/mol. The summed E-state index contributed by atoms with van der Waals surface area (Å²) in [5, 5.41) is 6.62. The second kappa shape index (κ2) is 7.86. The van der Waals surface area contributed by atoms with Crippen LogP contribution in [0.3, 0.4) is 0 Å². The van der Waals surface area contributed by atoms with Gasteiger partial charge in [0.05, 0.1) is 0 Å². The summed E-state index contributed by atoms with van der Waals surface area (Å²) in [6.07, 6.45) is 4.52. The van der Waals surface area contributed by atoms with Crippen molar-refractivity contribution in [2.24, 2.45) is 10.9 Å². The Labute approximate surface area is 127 Å². The molecule has 1 fully saturated rings. The molecule has 0 aromatic carbocycles. The van der Waals surface area contributed by atoms with Crippen LogP contribution >= 0.6 is 0 Å². The zero-order valence-corrected chi connectivity index (χ0v) is 13.4. The van der Waals surface area contributed by atoms with Crippen molar-refractivity contribution in [2.75, 3.05) is 31.6 Å². The Kier molecular flexibility index (Phi) is 5.84. The van der Waals surface area contributed by atoms with E-state index in [-0.39, 0.29) is 0 Å². The average molecular weight is 289 g/mol. The van der Waals surface area contributed by atoms with E-state index >= 15 is 0 Å². The van der Waals surface area contributed by atoms with Gasteiger partial charge in [0, 0.05) is 39.4 Å². The zero-order chi connectivity index (χ0) is 15.1. The van der Waals surface area contributed by atoms with E-state index in [1.165, 1.54) is 18.4 Å². The van der Waals surface area contributed by atoms with Gasteiger partial charge in [-0.15, -0.1) is 0 Å². The minimum Gasteiger partial charge on any atom is -0.357 e. The molecule has 0 amide bonds. The summed E-state index contributed by atoms with van der Waals surface area (Å²) in [5.41, 5.74) is 1.17. The summed E-state index contributed by atoms with van der Waals surface area (Å²) < 4.78 is 0. The molecule has 1 saturated heterocycles. The van der Waals surface area contributed by atoms with Crippen molar-refractivity contribution in [2.45, 2.75) is 33.2 Å². The fourth-order valence-corrected chi connectivity index (χ4v) is 2.36. The first-order chi connectivity index (χ1) is 10.2. The third kappa shape index (κ3) is 4.92. The van der Waals surface area contributed by atoms with Crippen molar-refractivity contribution in [1.29, 1.82) is 0 Å². The number of hydrogen-bond acceptors (Lipinski definition) is 3. The van der Waals surface area contributed by atoms with Crippen LogP contribution in [-0.2, 0) is 6.54 Å². The molecule has 2 rings (SSSR count). The fraction of sp³-hybridized carbons (Fsp3) is 0.625. The van der Waals surface area contributed by atoms with Crippen LogP contribution in [0.15, 0.2) is 23.3 Å². The maximum Gasteiger partial charge on any atom is 0.191 e. The number of guanidine groups is 1. The Bertz CT molecular complexity index is 446. The Morgan fingerprint density at radius 1 is 1.29 bits per heavy atom. The molecular weight excluding hydrogens is 262 g/mol. The average Bonchev–Trinajstić information content (AvgIpc) is 3.02. The lowest BCUT2D eigenvalue weighted by molar-refractivity contribution is 0.614. The Morgan fingerprint density at radius 3 is 2.62 bits per heavy atom. The van der Waals surface area contributed by atoms with E-state index in [9.17, 15) is 0 Å². The van der Waals surface area contributed by atoms with Gasteiger partial charge in [0.1, 0.15) is 5.82 Å². The van der Waals surface area contributed by atoms with Crippen LogP contribution in [0.4, 0.5) is 5.82 Å². The quantitative estimate of drug-likeness (QED) is 0.643. The molecule has 1 aliphatic rings. The second-order valence-electron chi connectivity index (χ2n) is 5.92. The summed E-state index contributed by atoms with van der Waals surface area (Å²) in [7, 11) is 1.80. The SMILES string of the molecule is CN=C(NCc1ccc(N2CCCC2)nc1)NCC(C)C. The Balaban J connectivity index is 1.82. The first-order valence-corrected chi connectivity index (χ1v) is 7.83. The van der Waals surface area contributed by atoms with Gasteiger partial charge in [-0.1, -0.05) is 19.9 Å². The predicted octanol–water partition coefficient (Wildman–Crippen LogP) is 2.00. The highest BCUT2D eigenvalue weighted by atomic mass is 15.2. The molecule has 5 heteroatoms. The normalized spacial score (nSPS) is 15.6. The number of anilines is 1. The van der Waals surface area contributed by atoms with Crippen molar-refractivity contribution in [3.05, 3.63) is 23.9 Å². The van der Waals surface area contributed by atoms with Gasteiger partial charge in [0.2, 0.25) is 0 Å². The third-order valence-corrected chi connectivity index (χ3v) is 3.60. The summed E-state index contributed by atoms with van der Waals surface area (Å²) in [4.78, 5) is 11.1. The number of nitrogens with zero attached hydrogens (tertiary/aromatic N) is 3. The van der Waals surface area contributed by atoms with Gasteiger partial charge in [0.25, 0.3) is 0 Å². The van der Waals surface area contributed by atoms with E-state index in [0.717, 1.165) is 38.0 Å². The Hall–Kier alpha value is -1.78. The predicted molar refractivity (Wildman–Crippen MR) is 88.7 cm³/mol. The van der Waals surface area contributed by atoms with Crippen LogP contribution < -0.4 is 15.5 Å². The van der Waals surface area contributed by atoms with Gasteiger partial charge < -0.3 is 15.5 Å². The van der Waals surface area contributed by atoms with Gasteiger partial charge in [-0.3, -0.25) is 4.99 Å². The van der Waals surface area contributed by atoms with Crippen LogP contribution in [-0.4, -0.2) is 37.6 Å². The van der Waals surface area contributed by atoms with Gasteiger partial charge in [-0.25, -0.2) is 4.98 Å². The summed E-state index contributed by atoms with van der Waals surface area (Å²) in [6, 6.07) is 4.26. The van der Waals surface area contributed by atoms with Gasteiger partial charge in [0.15, 0.2) is 5.96 Å². The molecule has 0 unspecified atom stereocenters. The number of pyridine rings is 1. The molecule has 116 valence electrons. The molecule has 5 nitrogen and oxygen atoms in total. The molecule has 0 bridgehead atoms. The van der Waals surface area contributed by atoms with Gasteiger partial charge >= 0.3 is 0 Å². The third-order valence-electron chi connectivity index (χ3n) is 3.60. The smallest absolute Gasteiger partial charge is 0.191 e. The maximum atomic E-state index is 4.56. The van der Waals surface area contributed by atoms with Crippen LogP contribution in [0.2, 0.25) is 0 Å². The number of hydrogen-bond donors (Lipinski definition) is 2. The van der Waals surface area contributed by atoms with Crippen LogP contribution in [0, 0.1) is 5.92 Å². The first-order valence-electron chi connectivity index (χ1n) is 7.83. The number of rotatable bonds is 5. The number of nitrogens with one attached hydrogen (secondary N) is 2. The highest BCUT2D eigenvalue weighted by Gasteiger charge is 2.12. The molecule has 0 spiro atoms. The van der Waals surface area contributed by atoms with Gasteiger partial charge in [-0.05, 0) is 30.4 Å². The molecule has 0 saturated carbocycles.